The summed E-state index contributed by atoms with van der Waals surface area (Å²) in [5.41, 5.74) is 0. The second kappa shape index (κ2) is 6.48. The van der Waals surface area contributed by atoms with Crippen molar-refractivity contribution in [2.24, 2.45) is 5.92 Å². The van der Waals surface area contributed by atoms with Crippen molar-refractivity contribution in [1.82, 2.24) is 15.1 Å². The average Bonchev–Trinajstić information content (AvgIpc) is 3.04. The highest BCUT2D eigenvalue weighted by Gasteiger charge is 2.26. The predicted octanol–water partition coefficient (Wildman–Crippen LogP) is 2.98. The highest BCUT2D eigenvalue weighted by molar-refractivity contribution is 7.15. The van der Waals surface area contributed by atoms with Crippen LogP contribution in [0, 0.1) is 5.92 Å². The van der Waals surface area contributed by atoms with Crippen LogP contribution in [0.15, 0.2) is 0 Å². The fourth-order valence-corrected chi connectivity index (χ4v) is 2.68. The van der Waals surface area contributed by atoms with Crippen LogP contribution in [0.2, 0.25) is 0 Å². The molecular formula is C13H24N4S. The van der Waals surface area contributed by atoms with E-state index in [4.69, 9.17) is 0 Å². The molecule has 0 saturated heterocycles. The number of rotatable bonds is 8. The molecule has 1 aromatic heterocycles. The molecule has 1 N–H and O–H groups in total. The van der Waals surface area contributed by atoms with E-state index in [1.54, 1.807) is 11.3 Å². The Kier molecular flexibility index (Phi) is 4.95. The van der Waals surface area contributed by atoms with Crippen LogP contribution in [0.3, 0.4) is 0 Å². The molecule has 1 aromatic rings. The molecule has 2 rings (SSSR count). The van der Waals surface area contributed by atoms with Crippen molar-refractivity contribution in [3.05, 3.63) is 5.01 Å². The Balaban J connectivity index is 1.86. The predicted molar refractivity (Wildman–Crippen MR) is 77.0 cm³/mol. The number of hydrogen-bond acceptors (Lipinski definition) is 5. The molecule has 0 amide bonds. The molecular weight excluding hydrogens is 244 g/mol. The van der Waals surface area contributed by atoms with E-state index in [0.29, 0.717) is 6.04 Å². The summed E-state index contributed by atoms with van der Waals surface area (Å²) in [5, 5.41) is 13.9. The Morgan fingerprint density at radius 1 is 1.39 bits per heavy atom. The standard InChI is InChI=1S/C13H24N4S/c1-4-7-14-13-16-15-12(18-13)9-17(10(2)3)8-11-5-6-11/h10-11H,4-9H2,1-3H3,(H,14,16). The molecule has 18 heavy (non-hydrogen) atoms. The van der Waals surface area contributed by atoms with Gasteiger partial charge in [-0.15, -0.1) is 10.2 Å². The SMILES string of the molecule is CCCNc1nnc(CN(CC2CC2)C(C)C)s1. The molecule has 0 atom stereocenters. The first-order valence-corrected chi connectivity index (χ1v) is 7.81. The van der Waals surface area contributed by atoms with E-state index < -0.39 is 0 Å². The zero-order valence-corrected chi connectivity index (χ0v) is 12.5. The number of nitrogens with one attached hydrogen (secondary N) is 1. The van der Waals surface area contributed by atoms with Gasteiger partial charge in [-0.25, -0.2) is 0 Å². The fourth-order valence-electron chi connectivity index (χ4n) is 1.88. The summed E-state index contributed by atoms with van der Waals surface area (Å²) < 4.78 is 0. The van der Waals surface area contributed by atoms with E-state index in [2.05, 4.69) is 41.2 Å². The maximum Gasteiger partial charge on any atom is 0.205 e. The Morgan fingerprint density at radius 3 is 2.78 bits per heavy atom. The van der Waals surface area contributed by atoms with Crippen molar-refractivity contribution in [2.75, 3.05) is 18.4 Å². The van der Waals surface area contributed by atoms with E-state index in [1.807, 2.05) is 0 Å². The second-order valence-corrected chi connectivity index (χ2v) is 6.46. The van der Waals surface area contributed by atoms with Gasteiger partial charge in [0, 0.05) is 19.1 Å². The van der Waals surface area contributed by atoms with Crippen LogP contribution in [0.4, 0.5) is 5.13 Å². The second-order valence-electron chi connectivity index (χ2n) is 5.39. The van der Waals surface area contributed by atoms with Crippen molar-refractivity contribution in [2.45, 2.75) is 52.6 Å². The van der Waals surface area contributed by atoms with Crippen molar-refractivity contribution in [1.29, 1.82) is 0 Å². The first-order valence-electron chi connectivity index (χ1n) is 6.99. The number of aromatic nitrogens is 2. The first kappa shape index (κ1) is 13.7. The minimum Gasteiger partial charge on any atom is -0.360 e. The minimum absolute atomic E-state index is 0.585. The zero-order valence-electron chi connectivity index (χ0n) is 11.6. The summed E-state index contributed by atoms with van der Waals surface area (Å²) in [6.45, 7) is 9.82. The van der Waals surface area contributed by atoms with Gasteiger partial charge in [0.05, 0.1) is 6.54 Å². The molecule has 1 aliphatic carbocycles. The lowest BCUT2D eigenvalue weighted by atomic mass is 10.3. The van der Waals surface area contributed by atoms with Crippen molar-refractivity contribution in [3.63, 3.8) is 0 Å². The fraction of sp³-hybridized carbons (Fsp3) is 0.846. The van der Waals surface area contributed by atoms with Crippen molar-refractivity contribution >= 4 is 16.5 Å². The highest BCUT2D eigenvalue weighted by atomic mass is 32.1. The normalized spacial score (nSPS) is 15.6. The Bertz CT molecular complexity index is 360. The topological polar surface area (TPSA) is 41.1 Å². The summed E-state index contributed by atoms with van der Waals surface area (Å²) in [6.07, 6.45) is 3.93. The first-order chi connectivity index (χ1) is 8.69. The third kappa shape index (κ3) is 4.21. The van der Waals surface area contributed by atoms with Gasteiger partial charge in [0.25, 0.3) is 0 Å². The smallest absolute Gasteiger partial charge is 0.205 e. The lowest BCUT2D eigenvalue weighted by Crippen LogP contribution is -2.32. The van der Waals surface area contributed by atoms with Crippen LogP contribution in [0.25, 0.3) is 0 Å². The van der Waals surface area contributed by atoms with Gasteiger partial charge < -0.3 is 5.32 Å². The van der Waals surface area contributed by atoms with E-state index in [9.17, 15) is 0 Å². The van der Waals surface area contributed by atoms with Gasteiger partial charge in [0.1, 0.15) is 5.01 Å². The molecule has 0 spiro atoms. The van der Waals surface area contributed by atoms with Gasteiger partial charge in [-0.3, -0.25) is 4.90 Å². The Morgan fingerprint density at radius 2 is 2.17 bits per heavy atom. The van der Waals surface area contributed by atoms with Crippen LogP contribution in [-0.4, -0.2) is 34.2 Å². The van der Waals surface area contributed by atoms with Gasteiger partial charge >= 0.3 is 0 Å². The van der Waals surface area contributed by atoms with E-state index in [1.165, 1.54) is 19.4 Å². The minimum atomic E-state index is 0.585. The summed E-state index contributed by atoms with van der Waals surface area (Å²) >= 11 is 1.69. The van der Waals surface area contributed by atoms with Gasteiger partial charge in [0.2, 0.25) is 5.13 Å². The molecule has 102 valence electrons. The molecule has 1 aliphatic rings. The van der Waals surface area contributed by atoms with E-state index in [-0.39, 0.29) is 0 Å². The lowest BCUT2D eigenvalue weighted by molar-refractivity contribution is 0.203. The Hall–Kier alpha value is -0.680. The summed E-state index contributed by atoms with van der Waals surface area (Å²) in [4.78, 5) is 2.52. The quantitative estimate of drug-likeness (QED) is 0.787. The third-order valence-corrected chi connectivity index (χ3v) is 4.12. The van der Waals surface area contributed by atoms with Gasteiger partial charge in [-0.2, -0.15) is 0 Å². The lowest BCUT2D eigenvalue weighted by Gasteiger charge is -2.24. The number of hydrogen-bond donors (Lipinski definition) is 1. The van der Waals surface area contributed by atoms with Crippen LogP contribution in [-0.2, 0) is 6.54 Å². The van der Waals surface area contributed by atoms with Gasteiger partial charge in [-0.1, -0.05) is 18.3 Å². The molecule has 0 radical (unpaired) electrons. The number of nitrogens with zero attached hydrogens (tertiary/aromatic N) is 3. The third-order valence-electron chi connectivity index (χ3n) is 3.25. The van der Waals surface area contributed by atoms with Crippen LogP contribution in [0.1, 0.15) is 45.0 Å². The number of anilines is 1. The monoisotopic (exact) mass is 268 g/mol. The van der Waals surface area contributed by atoms with Crippen LogP contribution in [0.5, 0.6) is 0 Å². The molecule has 1 fully saturated rings. The van der Waals surface area contributed by atoms with Crippen LogP contribution >= 0.6 is 11.3 Å². The molecule has 0 aromatic carbocycles. The molecule has 0 bridgehead atoms. The maximum absolute atomic E-state index is 4.28. The summed E-state index contributed by atoms with van der Waals surface area (Å²) in [5.74, 6) is 0.929. The molecule has 1 saturated carbocycles. The van der Waals surface area contributed by atoms with Crippen LogP contribution < -0.4 is 5.32 Å². The zero-order chi connectivity index (χ0) is 13.0. The molecule has 0 unspecified atom stereocenters. The average molecular weight is 268 g/mol. The molecule has 1 heterocycles. The van der Waals surface area contributed by atoms with Crippen molar-refractivity contribution in [3.8, 4) is 0 Å². The molecule has 5 heteroatoms. The maximum atomic E-state index is 4.28. The Labute approximate surface area is 114 Å². The van der Waals surface area contributed by atoms with Crippen molar-refractivity contribution < 1.29 is 0 Å². The summed E-state index contributed by atoms with van der Waals surface area (Å²) in [6, 6.07) is 0.585. The van der Waals surface area contributed by atoms with E-state index in [0.717, 1.165) is 35.6 Å². The molecule has 0 aliphatic heterocycles. The van der Waals surface area contributed by atoms with E-state index >= 15 is 0 Å². The van der Waals surface area contributed by atoms with Gasteiger partial charge in [-0.05, 0) is 39.0 Å². The van der Waals surface area contributed by atoms with Gasteiger partial charge in [0.15, 0.2) is 0 Å². The summed E-state index contributed by atoms with van der Waals surface area (Å²) in [7, 11) is 0. The highest BCUT2D eigenvalue weighted by Crippen LogP contribution is 2.31. The largest absolute Gasteiger partial charge is 0.360 e. The molecule has 4 nitrogen and oxygen atoms in total.